The fourth-order valence-electron chi connectivity index (χ4n) is 2.27. The Balaban J connectivity index is 2.19. The first-order chi connectivity index (χ1) is 7.24. The van der Waals surface area contributed by atoms with Crippen LogP contribution in [0.25, 0.3) is 0 Å². The Kier molecular flexibility index (Phi) is 3.16. The molecule has 0 fully saturated rings. The fraction of sp³-hybridized carbons (Fsp3) is 0.429. The van der Waals surface area contributed by atoms with Crippen molar-refractivity contribution >= 4 is 0 Å². The van der Waals surface area contributed by atoms with E-state index in [9.17, 15) is 0 Å². The molecule has 0 atom stereocenters. The second kappa shape index (κ2) is 4.26. The van der Waals surface area contributed by atoms with Crippen LogP contribution in [0.3, 0.4) is 0 Å². The molecular weight excluding hydrogens is 264 g/mol. The second-order valence-corrected chi connectivity index (χ2v) is 9.54. The van der Waals surface area contributed by atoms with Crippen molar-refractivity contribution in [1.82, 2.24) is 0 Å². The number of hydrogen-bond acceptors (Lipinski definition) is 0. The molecule has 82 valence electrons. The molecule has 2 aliphatic rings. The minimum absolute atomic E-state index is 0.471. The van der Waals surface area contributed by atoms with Gasteiger partial charge in [0.15, 0.2) is 0 Å². The van der Waals surface area contributed by atoms with Gasteiger partial charge in [0.2, 0.25) is 0 Å². The van der Waals surface area contributed by atoms with Gasteiger partial charge in [0.05, 0.1) is 0 Å². The van der Waals surface area contributed by atoms with Gasteiger partial charge in [-0.15, -0.1) is 0 Å². The summed E-state index contributed by atoms with van der Waals surface area (Å²) in [6.07, 6.45) is 21.2. The van der Waals surface area contributed by atoms with Gasteiger partial charge in [-0.3, -0.25) is 0 Å². The average Bonchev–Trinajstić information content (AvgIpc) is 2.89. The van der Waals surface area contributed by atoms with E-state index in [1.54, 1.807) is 0 Å². The number of hydrogen-bond donors (Lipinski definition) is 0. The summed E-state index contributed by atoms with van der Waals surface area (Å²) in [4.78, 5) is 0. The van der Waals surface area contributed by atoms with Crippen LogP contribution in [0.1, 0.15) is 26.7 Å². The monoisotopic (exact) mass is 286 g/mol. The first-order valence-electron chi connectivity index (χ1n) is 5.78. The van der Waals surface area contributed by atoms with Crippen molar-refractivity contribution in [1.29, 1.82) is 0 Å². The summed E-state index contributed by atoms with van der Waals surface area (Å²) in [5.41, 5.74) is 0. The molecule has 2 rings (SSSR count). The first-order valence-corrected chi connectivity index (χ1v) is 8.23. The Morgan fingerprint density at radius 2 is 1.07 bits per heavy atom. The van der Waals surface area contributed by atoms with Crippen molar-refractivity contribution in [2.75, 3.05) is 0 Å². The Hall–Kier alpha value is -0.352. The fourth-order valence-corrected chi connectivity index (χ4v) is 7.03. The van der Waals surface area contributed by atoms with Crippen LogP contribution < -0.4 is 0 Å². The van der Waals surface area contributed by atoms with Crippen molar-refractivity contribution in [2.24, 2.45) is 0 Å². The molecule has 2 aliphatic carbocycles. The van der Waals surface area contributed by atoms with Crippen molar-refractivity contribution in [3.8, 4) is 0 Å². The van der Waals surface area contributed by atoms with Crippen LogP contribution in [0.2, 0.25) is 7.61 Å². The summed E-state index contributed by atoms with van der Waals surface area (Å²) in [6.45, 7) is 4.65. The van der Waals surface area contributed by atoms with Crippen LogP contribution in [-0.4, -0.2) is 0 Å². The van der Waals surface area contributed by atoms with Crippen LogP contribution in [0, 0.1) is 0 Å². The second-order valence-electron chi connectivity index (χ2n) is 4.35. The van der Waals surface area contributed by atoms with E-state index in [2.05, 4.69) is 62.5 Å². The van der Waals surface area contributed by atoms with Gasteiger partial charge in [0.25, 0.3) is 0 Å². The molecule has 0 aromatic rings. The molecule has 0 bridgehead atoms. The molecule has 15 heavy (non-hydrogen) atoms. The molecule has 0 heterocycles. The van der Waals surface area contributed by atoms with Crippen LogP contribution in [0.4, 0.5) is 0 Å². The van der Waals surface area contributed by atoms with Gasteiger partial charge in [0, 0.05) is 0 Å². The topological polar surface area (TPSA) is 0 Å². The van der Waals surface area contributed by atoms with Gasteiger partial charge in [-0.25, -0.2) is 0 Å². The summed E-state index contributed by atoms with van der Waals surface area (Å²) < 4.78 is 0.941. The van der Waals surface area contributed by atoms with Gasteiger partial charge in [-0.05, 0) is 0 Å². The standard InChI is InChI=1S/2C7H9.Mo.2H/c2*1-2-7-5-3-4-6-7;;;/h2*3-6H,2H2,1H3;;;. The SMILES string of the molecule is CC[C]1([MoH2][C]2(CC)C=CC=C2)C=CC=C1. The third-order valence-corrected chi connectivity index (χ3v) is 9.10. The molecule has 0 unspecified atom stereocenters. The van der Waals surface area contributed by atoms with E-state index in [1.165, 1.54) is 12.8 Å². The van der Waals surface area contributed by atoms with E-state index in [0.717, 1.165) is 0 Å². The molecule has 0 aliphatic heterocycles. The van der Waals surface area contributed by atoms with Crippen LogP contribution in [0.15, 0.2) is 48.6 Å². The van der Waals surface area contributed by atoms with Gasteiger partial charge < -0.3 is 0 Å². The van der Waals surface area contributed by atoms with E-state index < -0.39 is 18.6 Å². The predicted octanol–water partition coefficient (Wildman–Crippen LogP) is 3.92. The van der Waals surface area contributed by atoms with Gasteiger partial charge in [0.1, 0.15) is 0 Å². The zero-order chi connectivity index (χ0) is 10.8. The molecule has 0 aromatic heterocycles. The van der Waals surface area contributed by atoms with E-state index in [0.29, 0.717) is 7.61 Å². The number of allylic oxidation sites excluding steroid dienone is 8. The summed E-state index contributed by atoms with van der Waals surface area (Å²) in [5, 5.41) is 0. The predicted molar refractivity (Wildman–Crippen MR) is 65.3 cm³/mol. The minimum atomic E-state index is -0.513. The van der Waals surface area contributed by atoms with E-state index in [-0.39, 0.29) is 0 Å². The van der Waals surface area contributed by atoms with Crippen molar-refractivity contribution in [3.05, 3.63) is 48.6 Å². The van der Waals surface area contributed by atoms with Gasteiger partial charge in [-0.2, -0.15) is 0 Å². The summed E-state index contributed by atoms with van der Waals surface area (Å²) in [7, 11) is 0. The molecule has 0 saturated heterocycles. The summed E-state index contributed by atoms with van der Waals surface area (Å²) >= 11 is -0.513. The van der Waals surface area contributed by atoms with E-state index >= 15 is 0 Å². The van der Waals surface area contributed by atoms with Crippen molar-refractivity contribution in [3.63, 3.8) is 0 Å². The first kappa shape index (κ1) is 11.1. The quantitative estimate of drug-likeness (QED) is 0.686. The molecule has 0 spiro atoms. The zero-order valence-corrected chi connectivity index (χ0v) is 12.0. The maximum atomic E-state index is 2.44. The van der Waals surface area contributed by atoms with Crippen LogP contribution >= 0.6 is 0 Å². The third kappa shape index (κ3) is 2.11. The molecule has 0 radical (unpaired) electrons. The maximum absolute atomic E-state index is 2.44. The Morgan fingerprint density at radius 3 is 1.33 bits per heavy atom. The molecule has 0 nitrogen and oxygen atoms in total. The van der Waals surface area contributed by atoms with Crippen LogP contribution in [-0.2, 0) is 18.6 Å². The Bertz CT molecular complexity index is 286. The van der Waals surface area contributed by atoms with Gasteiger partial charge in [-0.1, -0.05) is 0 Å². The molecule has 0 aromatic carbocycles. The number of rotatable bonds is 4. The Morgan fingerprint density at radius 1 is 0.733 bits per heavy atom. The Labute approximate surface area is 101 Å². The van der Waals surface area contributed by atoms with Crippen LogP contribution in [0.5, 0.6) is 0 Å². The normalized spacial score (nSPS) is 24.4. The van der Waals surface area contributed by atoms with Crippen molar-refractivity contribution < 1.29 is 18.6 Å². The molecule has 0 N–H and O–H groups in total. The van der Waals surface area contributed by atoms with E-state index in [1.807, 2.05) is 0 Å². The van der Waals surface area contributed by atoms with Gasteiger partial charge >= 0.3 is 101 Å². The molecule has 0 amide bonds. The molecule has 0 saturated carbocycles. The van der Waals surface area contributed by atoms with Crippen molar-refractivity contribution in [2.45, 2.75) is 34.3 Å². The third-order valence-electron chi connectivity index (χ3n) is 3.43. The summed E-state index contributed by atoms with van der Waals surface area (Å²) in [5.74, 6) is 0. The summed E-state index contributed by atoms with van der Waals surface area (Å²) in [6, 6.07) is 0. The molecular formula is C14H20Mo. The molecule has 1 heteroatoms. The average molecular weight is 284 g/mol. The zero-order valence-electron chi connectivity index (χ0n) is 9.53. The van der Waals surface area contributed by atoms with E-state index in [4.69, 9.17) is 0 Å².